The van der Waals surface area contributed by atoms with Crippen LogP contribution < -0.4 is 5.32 Å². The van der Waals surface area contributed by atoms with E-state index >= 15 is 0 Å². The summed E-state index contributed by atoms with van der Waals surface area (Å²) in [5.41, 5.74) is 0. The van der Waals surface area contributed by atoms with Gasteiger partial charge in [0.25, 0.3) is 0 Å². The Bertz CT molecular complexity index is 212. The zero-order valence-electron chi connectivity index (χ0n) is 13.9. The van der Waals surface area contributed by atoms with Crippen LogP contribution in [0, 0.1) is 11.8 Å². The molecule has 1 aliphatic carbocycles. The molecule has 0 aromatic heterocycles. The van der Waals surface area contributed by atoms with Gasteiger partial charge in [-0.05, 0) is 38.0 Å². The lowest BCUT2D eigenvalue weighted by Gasteiger charge is -2.37. The second kappa shape index (κ2) is 9.80. The van der Waals surface area contributed by atoms with Crippen molar-refractivity contribution >= 4 is 0 Å². The van der Waals surface area contributed by atoms with E-state index in [1.165, 1.54) is 64.2 Å². The maximum atomic E-state index is 3.94. The second-order valence-electron chi connectivity index (χ2n) is 7.07. The lowest BCUT2D eigenvalue weighted by Crippen LogP contribution is -2.44. The molecule has 0 amide bonds. The normalized spacial score (nSPS) is 25.7. The van der Waals surface area contributed by atoms with E-state index in [9.17, 15) is 0 Å². The summed E-state index contributed by atoms with van der Waals surface area (Å²) in [6, 6.07) is 1.50. The van der Waals surface area contributed by atoms with E-state index in [0.717, 1.165) is 17.9 Å². The summed E-state index contributed by atoms with van der Waals surface area (Å²) in [5, 5.41) is 3.94. The summed E-state index contributed by atoms with van der Waals surface area (Å²) in [6.45, 7) is 9.49. The van der Waals surface area contributed by atoms with Gasteiger partial charge in [0.05, 0.1) is 0 Å². The van der Waals surface area contributed by atoms with Gasteiger partial charge in [0.1, 0.15) is 0 Å². The van der Waals surface area contributed by atoms with Crippen LogP contribution in [0.15, 0.2) is 0 Å². The fraction of sp³-hybridized carbons (Fsp3) is 1.00. The molecule has 0 saturated heterocycles. The van der Waals surface area contributed by atoms with Gasteiger partial charge >= 0.3 is 0 Å². The van der Waals surface area contributed by atoms with Gasteiger partial charge in [-0.1, -0.05) is 65.7 Å². The molecule has 1 rings (SSSR count). The third-order valence-electron chi connectivity index (χ3n) is 4.92. The monoisotopic (exact) mass is 267 g/mol. The smallest absolute Gasteiger partial charge is 0.0100 e. The molecule has 114 valence electrons. The SMILES string of the molecule is CCCCCCCC(C)NC1CCCCC1C(C)C. The summed E-state index contributed by atoms with van der Waals surface area (Å²) in [5.74, 6) is 1.76. The Morgan fingerprint density at radius 2 is 1.63 bits per heavy atom. The molecule has 3 atom stereocenters. The summed E-state index contributed by atoms with van der Waals surface area (Å²) < 4.78 is 0. The Morgan fingerprint density at radius 1 is 0.947 bits per heavy atom. The molecule has 0 spiro atoms. The quantitative estimate of drug-likeness (QED) is 0.541. The summed E-state index contributed by atoms with van der Waals surface area (Å²) in [6.07, 6.45) is 14.1. The van der Waals surface area contributed by atoms with Crippen LogP contribution in [0.2, 0.25) is 0 Å². The molecule has 1 aliphatic rings. The van der Waals surface area contributed by atoms with Crippen LogP contribution >= 0.6 is 0 Å². The zero-order valence-corrected chi connectivity index (χ0v) is 13.9. The van der Waals surface area contributed by atoms with Crippen molar-refractivity contribution in [2.45, 2.75) is 104 Å². The third-order valence-corrected chi connectivity index (χ3v) is 4.92. The van der Waals surface area contributed by atoms with Gasteiger partial charge in [0, 0.05) is 12.1 Å². The Labute approximate surface area is 121 Å². The minimum absolute atomic E-state index is 0.714. The average molecular weight is 268 g/mol. The standard InChI is InChI=1S/C18H37N/c1-5-6-7-8-9-12-16(4)19-18-14-11-10-13-17(18)15(2)3/h15-19H,5-14H2,1-4H3. The topological polar surface area (TPSA) is 12.0 Å². The van der Waals surface area contributed by atoms with Crippen LogP contribution in [-0.4, -0.2) is 12.1 Å². The van der Waals surface area contributed by atoms with E-state index in [1.807, 2.05) is 0 Å². The molecular weight excluding hydrogens is 230 g/mol. The predicted molar refractivity (Wildman–Crippen MR) is 86.6 cm³/mol. The summed E-state index contributed by atoms with van der Waals surface area (Å²) in [4.78, 5) is 0. The molecule has 0 aromatic rings. The highest BCUT2D eigenvalue weighted by Gasteiger charge is 2.27. The van der Waals surface area contributed by atoms with Gasteiger partial charge in [-0.3, -0.25) is 0 Å². The van der Waals surface area contributed by atoms with Crippen molar-refractivity contribution in [1.82, 2.24) is 5.32 Å². The minimum atomic E-state index is 0.714. The van der Waals surface area contributed by atoms with Crippen molar-refractivity contribution in [1.29, 1.82) is 0 Å². The van der Waals surface area contributed by atoms with E-state index < -0.39 is 0 Å². The highest BCUT2D eigenvalue weighted by molar-refractivity contribution is 4.84. The Kier molecular flexibility index (Phi) is 8.77. The lowest BCUT2D eigenvalue weighted by atomic mass is 9.77. The van der Waals surface area contributed by atoms with Crippen molar-refractivity contribution in [2.24, 2.45) is 11.8 Å². The van der Waals surface area contributed by atoms with Crippen LogP contribution in [0.5, 0.6) is 0 Å². The molecule has 1 saturated carbocycles. The van der Waals surface area contributed by atoms with Crippen molar-refractivity contribution in [3.05, 3.63) is 0 Å². The molecule has 1 fully saturated rings. The van der Waals surface area contributed by atoms with E-state index in [1.54, 1.807) is 0 Å². The second-order valence-corrected chi connectivity index (χ2v) is 7.07. The number of hydrogen-bond acceptors (Lipinski definition) is 1. The molecule has 1 heteroatoms. The molecule has 0 bridgehead atoms. The van der Waals surface area contributed by atoms with Crippen LogP contribution in [0.3, 0.4) is 0 Å². The first kappa shape index (κ1) is 17.0. The fourth-order valence-electron chi connectivity index (χ4n) is 3.67. The molecule has 0 radical (unpaired) electrons. The van der Waals surface area contributed by atoms with E-state index in [0.29, 0.717) is 6.04 Å². The van der Waals surface area contributed by atoms with Crippen molar-refractivity contribution < 1.29 is 0 Å². The molecule has 19 heavy (non-hydrogen) atoms. The molecule has 3 unspecified atom stereocenters. The van der Waals surface area contributed by atoms with Crippen LogP contribution in [0.25, 0.3) is 0 Å². The van der Waals surface area contributed by atoms with Crippen molar-refractivity contribution in [3.63, 3.8) is 0 Å². The maximum Gasteiger partial charge on any atom is 0.0100 e. The predicted octanol–water partition coefficient (Wildman–Crippen LogP) is 5.54. The number of nitrogens with one attached hydrogen (secondary N) is 1. The Hall–Kier alpha value is -0.0400. The van der Waals surface area contributed by atoms with Crippen LogP contribution in [0.4, 0.5) is 0 Å². The third kappa shape index (κ3) is 6.79. The zero-order chi connectivity index (χ0) is 14.1. The molecule has 1 N–H and O–H groups in total. The highest BCUT2D eigenvalue weighted by Crippen LogP contribution is 2.30. The van der Waals surface area contributed by atoms with Gasteiger partial charge in [0.15, 0.2) is 0 Å². The van der Waals surface area contributed by atoms with Crippen LogP contribution in [-0.2, 0) is 0 Å². The first-order valence-electron chi connectivity index (χ1n) is 8.91. The van der Waals surface area contributed by atoms with Gasteiger partial charge in [-0.2, -0.15) is 0 Å². The molecule has 0 aromatic carbocycles. The lowest BCUT2D eigenvalue weighted by molar-refractivity contribution is 0.192. The number of rotatable bonds is 9. The highest BCUT2D eigenvalue weighted by atomic mass is 15.0. The number of unbranched alkanes of at least 4 members (excludes halogenated alkanes) is 4. The van der Waals surface area contributed by atoms with Gasteiger partial charge < -0.3 is 5.32 Å². The minimum Gasteiger partial charge on any atom is -0.311 e. The molecule has 1 nitrogen and oxygen atoms in total. The Morgan fingerprint density at radius 3 is 2.32 bits per heavy atom. The van der Waals surface area contributed by atoms with Gasteiger partial charge in [-0.15, -0.1) is 0 Å². The maximum absolute atomic E-state index is 3.94. The van der Waals surface area contributed by atoms with Crippen molar-refractivity contribution in [3.8, 4) is 0 Å². The van der Waals surface area contributed by atoms with Gasteiger partial charge in [-0.25, -0.2) is 0 Å². The largest absolute Gasteiger partial charge is 0.311 e. The summed E-state index contributed by atoms with van der Waals surface area (Å²) >= 11 is 0. The fourth-order valence-corrected chi connectivity index (χ4v) is 3.67. The molecular formula is C18H37N. The Balaban J connectivity index is 2.20. The molecule has 0 aliphatic heterocycles. The van der Waals surface area contributed by atoms with Crippen LogP contribution in [0.1, 0.15) is 91.9 Å². The summed E-state index contributed by atoms with van der Waals surface area (Å²) in [7, 11) is 0. The first-order chi connectivity index (χ1) is 9.15. The van der Waals surface area contributed by atoms with E-state index in [-0.39, 0.29) is 0 Å². The molecule has 0 heterocycles. The van der Waals surface area contributed by atoms with Gasteiger partial charge in [0.2, 0.25) is 0 Å². The average Bonchev–Trinajstić information content (AvgIpc) is 2.39. The first-order valence-corrected chi connectivity index (χ1v) is 8.91. The van der Waals surface area contributed by atoms with E-state index in [2.05, 4.69) is 33.0 Å². The van der Waals surface area contributed by atoms with E-state index in [4.69, 9.17) is 0 Å². The number of hydrogen-bond donors (Lipinski definition) is 1. The van der Waals surface area contributed by atoms with Crippen molar-refractivity contribution in [2.75, 3.05) is 0 Å².